The molecule has 1 N–H and O–H groups in total. The maximum absolute atomic E-state index is 13.7. The number of pyridine rings is 1. The normalized spacial score (nSPS) is 17.2. The van der Waals surface area contributed by atoms with Crippen LogP contribution in [-0.2, 0) is 11.3 Å². The van der Waals surface area contributed by atoms with Crippen molar-refractivity contribution in [3.8, 4) is 0 Å². The molecule has 0 bridgehead atoms. The number of halogens is 2. The Morgan fingerprint density at radius 3 is 2.93 bits per heavy atom. The lowest BCUT2D eigenvalue weighted by Gasteiger charge is -2.32. The quantitative estimate of drug-likeness (QED) is 0.554. The highest BCUT2D eigenvalue weighted by molar-refractivity contribution is 6.31. The second-order valence-electron chi connectivity index (χ2n) is 7.95. The van der Waals surface area contributed by atoms with E-state index in [0.717, 1.165) is 60.5 Å². The minimum atomic E-state index is -0.403. The van der Waals surface area contributed by atoms with Gasteiger partial charge in [0.2, 0.25) is 5.91 Å². The number of amides is 1. The number of carbonyl (C=O) groups is 1. The van der Waals surface area contributed by atoms with Crippen LogP contribution in [0.4, 0.5) is 10.1 Å². The Hall–Kier alpha value is -2.50. The van der Waals surface area contributed by atoms with E-state index in [0.29, 0.717) is 12.3 Å². The van der Waals surface area contributed by atoms with Crippen molar-refractivity contribution in [1.82, 2.24) is 9.88 Å². The predicted octanol–water partition coefficient (Wildman–Crippen LogP) is 5.66. The molecule has 4 rings (SSSR count). The molecule has 4 nitrogen and oxygen atoms in total. The number of anilines is 1. The Labute approximate surface area is 181 Å². The van der Waals surface area contributed by atoms with Gasteiger partial charge in [-0.2, -0.15) is 0 Å². The van der Waals surface area contributed by atoms with Crippen molar-refractivity contribution in [2.24, 2.45) is 5.92 Å². The molecule has 3 aromatic rings. The maximum Gasteiger partial charge on any atom is 0.224 e. The van der Waals surface area contributed by atoms with Crippen LogP contribution in [0.3, 0.4) is 0 Å². The van der Waals surface area contributed by atoms with Gasteiger partial charge in [0.25, 0.3) is 0 Å². The molecule has 1 saturated heterocycles. The summed E-state index contributed by atoms with van der Waals surface area (Å²) in [7, 11) is 0. The number of rotatable bonds is 6. The second kappa shape index (κ2) is 9.54. The molecular weight excluding hydrogens is 401 g/mol. The molecule has 1 aromatic heterocycles. The third-order valence-corrected chi connectivity index (χ3v) is 5.86. The average Bonchev–Trinajstić information content (AvgIpc) is 2.74. The summed E-state index contributed by atoms with van der Waals surface area (Å²) >= 11 is 6.05. The van der Waals surface area contributed by atoms with Gasteiger partial charge in [-0.25, -0.2) is 4.39 Å². The number of nitrogens with zero attached hydrogens (tertiary/aromatic N) is 2. The van der Waals surface area contributed by atoms with Gasteiger partial charge >= 0.3 is 0 Å². The Morgan fingerprint density at radius 2 is 2.07 bits per heavy atom. The van der Waals surface area contributed by atoms with Gasteiger partial charge in [-0.3, -0.25) is 14.7 Å². The molecule has 1 atom stereocenters. The van der Waals surface area contributed by atoms with Gasteiger partial charge in [-0.05, 0) is 68.1 Å². The Bertz CT molecular complexity index is 1040. The number of para-hydroxylation sites is 1. The van der Waals surface area contributed by atoms with Crippen LogP contribution in [0.15, 0.2) is 54.6 Å². The summed E-state index contributed by atoms with van der Waals surface area (Å²) in [6, 6.07) is 16.1. The van der Waals surface area contributed by atoms with Crippen LogP contribution in [0, 0.1) is 11.7 Å². The lowest BCUT2D eigenvalue weighted by Crippen LogP contribution is -2.35. The fourth-order valence-corrected chi connectivity index (χ4v) is 4.28. The molecule has 1 aliphatic heterocycles. The number of nitrogens with one attached hydrogen (secondary N) is 1. The zero-order valence-corrected chi connectivity index (χ0v) is 17.5. The van der Waals surface area contributed by atoms with Crippen LogP contribution in [0.25, 0.3) is 10.9 Å². The highest BCUT2D eigenvalue weighted by Crippen LogP contribution is 2.24. The van der Waals surface area contributed by atoms with Gasteiger partial charge in [0.1, 0.15) is 5.82 Å². The third-order valence-electron chi connectivity index (χ3n) is 5.63. The summed E-state index contributed by atoms with van der Waals surface area (Å²) in [6.07, 6.45) is 3.44. The lowest BCUT2D eigenvalue weighted by atomic mass is 9.93. The van der Waals surface area contributed by atoms with E-state index >= 15 is 0 Å². The van der Waals surface area contributed by atoms with Gasteiger partial charge in [0.05, 0.1) is 16.9 Å². The number of hydrogen-bond acceptors (Lipinski definition) is 3. The van der Waals surface area contributed by atoms with E-state index in [4.69, 9.17) is 16.6 Å². The maximum atomic E-state index is 13.7. The molecule has 1 unspecified atom stereocenters. The average molecular weight is 426 g/mol. The first-order chi connectivity index (χ1) is 14.6. The van der Waals surface area contributed by atoms with Crippen molar-refractivity contribution < 1.29 is 9.18 Å². The number of fused-ring (bicyclic) bond motifs is 1. The van der Waals surface area contributed by atoms with Crippen molar-refractivity contribution in [3.05, 3.63) is 71.1 Å². The standard InChI is InChI=1S/C24H25ClFN3O/c25-19-9-11-22-18(14-19)8-10-20(27-22)16-29-13-3-4-17(15-29)7-12-24(30)28-23-6-2-1-5-21(23)26/h1-2,5-6,8-11,14,17H,3-4,7,12-13,15-16H2,(H,28,30). The largest absolute Gasteiger partial charge is 0.324 e. The predicted molar refractivity (Wildman–Crippen MR) is 119 cm³/mol. The highest BCUT2D eigenvalue weighted by Gasteiger charge is 2.21. The fourth-order valence-electron chi connectivity index (χ4n) is 4.10. The summed E-state index contributed by atoms with van der Waals surface area (Å²) in [5, 5.41) is 4.44. The highest BCUT2D eigenvalue weighted by atomic mass is 35.5. The number of aromatic nitrogens is 1. The van der Waals surface area contributed by atoms with Gasteiger partial charge in [-0.1, -0.05) is 29.8 Å². The molecule has 2 heterocycles. The molecule has 0 saturated carbocycles. The van der Waals surface area contributed by atoms with E-state index in [2.05, 4.69) is 22.3 Å². The first kappa shape index (κ1) is 20.8. The molecule has 1 aliphatic rings. The van der Waals surface area contributed by atoms with Crippen molar-refractivity contribution in [3.63, 3.8) is 0 Å². The number of likely N-dealkylation sites (tertiary alicyclic amines) is 1. The molecule has 0 aliphatic carbocycles. The van der Waals surface area contributed by atoms with Crippen molar-refractivity contribution in [1.29, 1.82) is 0 Å². The summed E-state index contributed by atoms with van der Waals surface area (Å²) in [5.74, 6) is -0.0729. The van der Waals surface area contributed by atoms with Crippen molar-refractivity contribution in [2.75, 3.05) is 18.4 Å². The Morgan fingerprint density at radius 1 is 1.20 bits per heavy atom. The van der Waals surface area contributed by atoms with E-state index in [-0.39, 0.29) is 11.6 Å². The van der Waals surface area contributed by atoms with Crippen molar-refractivity contribution >= 4 is 34.1 Å². The molecule has 6 heteroatoms. The second-order valence-corrected chi connectivity index (χ2v) is 8.39. The summed E-state index contributed by atoms with van der Waals surface area (Å²) < 4.78 is 13.7. The monoisotopic (exact) mass is 425 g/mol. The number of carbonyl (C=O) groups excluding carboxylic acids is 1. The fraction of sp³-hybridized carbons (Fsp3) is 0.333. The van der Waals surface area contributed by atoms with Crippen LogP contribution >= 0.6 is 11.6 Å². The Kier molecular flexibility index (Phi) is 6.60. The van der Waals surface area contributed by atoms with Crippen LogP contribution in [-0.4, -0.2) is 28.9 Å². The zero-order valence-electron chi connectivity index (χ0n) is 16.8. The first-order valence-corrected chi connectivity index (χ1v) is 10.8. The molecule has 0 spiro atoms. The first-order valence-electron chi connectivity index (χ1n) is 10.4. The lowest BCUT2D eigenvalue weighted by molar-refractivity contribution is -0.116. The number of piperidine rings is 1. The topological polar surface area (TPSA) is 45.2 Å². The molecule has 1 fully saturated rings. The summed E-state index contributed by atoms with van der Waals surface area (Å²) in [4.78, 5) is 19.4. The van der Waals surface area contributed by atoms with E-state index < -0.39 is 5.82 Å². The molecule has 156 valence electrons. The van der Waals surface area contributed by atoms with Crippen LogP contribution in [0.2, 0.25) is 5.02 Å². The summed E-state index contributed by atoms with van der Waals surface area (Å²) in [5.41, 5.74) is 2.24. The number of benzene rings is 2. The van der Waals surface area contributed by atoms with Gasteiger partial charge in [0, 0.05) is 29.9 Å². The minimum absolute atomic E-state index is 0.132. The zero-order chi connectivity index (χ0) is 20.9. The van der Waals surface area contributed by atoms with E-state index in [1.54, 1.807) is 18.2 Å². The minimum Gasteiger partial charge on any atom is -0.324 e. The van der Waals surface area contributed by atoms with Crippen LogP contribution in [0.5, 0.6) is 0 Å². The molecule has 2 aromatic carbocycles. The molecule has 30 heavy (non-hydrogen) atoms. The number of hydrogen-bond donors (Lipinski definition) is 1. The van der Waals surface area contributed by atoms with E-state index in [1.165, 1.54) is 6.07 Å². The molecule has 1 amide bonds. The van der Waals surface area contributed by atoms with E-state index in [9.17, 15) is 9.18 Å². The Balaban J connectivity index is 1.29. The van der Waals surface area contributed by atoms with Crippen LogP contribution < -0.4 is 5.32 Å². The van der Waals surface area contributed by atoms with Gasteiger partial charge < -0.3 is 5.32 Å². The smallest absolute Gasteiger partial charge is 0.224 e. The molecular formula is C24H25ClFN3O. The van der Waals surface area contributed by atoms with Gasteiger partial charge in [-0.15, -0.1) is 0 Å². The van der Waals surface area contributed by atoms with Crippen LogP contribution in [0.1, 0.15) is 31.4 Å². The SMILES string of the molecule is O=C(CCC1CCCN(Cc2ccc3cc(Cl)ccc3n2)C1)Nc1ccccc1F. The third kappa shape index (κ3) is 5.35. The van der Waals surface area contributed by atoms with Crippen molar-refractivity contribution in [2.45, 2.75) is 32.2 Å². The van der Waals surface area contributed by atoms with E-state index in [1.807, 2.05) is 18.2 Å². The van der Waals surface area contributed by atoms with Gasteiger partial charge in [0.15, 0.2) is 0 Å². The molecule has 0 radical (unpaired) electrons. The summed E-state index contributed by atoms with van der Waals surface area (Å²) in [6.45, 7) is 2.79.